The predicted molar refractivity (Wildman–Crippen MR) is 46.5 cm³/mol. The van der Waals surface area contributed by atoms with Gasteiger partial charge in [-0.25, -0.2) is 0 Å². The van der Waals surface area contributed by atoms with Crippen LogP contribution in [-0.4, -0.2) is 25.2 Å². The highest BCUT2D eigenvalue weighted by Gasteiger charge is 2.46. The average molecular weight is 154 g/mol. The van der Waals surface area contributed by atoms with Crippen LogP contribution in [0.4, 0.5) is 0 Å². The molecule has 0 aliphatic carbocycles. The summed E-state index contributed by atoms with van der Waals surface area (Å²) < 4.78 is 0. The van der Waals surface area contributed by atoms with Gasteiger partial charge in [0.15, 0.2) is 0 Å². The Labute approximate surface area is 68.7 Å². The van der Waals surface area contributed by atoms with Crippen molar-refractivity contribution in [1.29, 1.82) is 0 Å². The first kappa shape index (κ1) is 7.56. The predicted octanol–water partition coefficient (Wildman–Crippen LogP) is 0.592. The van der Waals surface area contributed by atoms with Crippen molar-refractivity contribution in [3.05, 3.63) is 0 Å². The summed E-state index contributed by atoms with van der Waals surface area (Å²) in [5, 5.41) is 7.10. The number of rotatable bonds is 0. The Hall–Kier alpha value is -0.0800. The zero-order valence-corrected chi connectivity index (χ0v) is 7.65. The second kappa shape index (κ2) is 2.20. The van der Waals surface area contributed by atoms with Crippen molar-refractivity contribution in [2.24, 2.45) is 11.3 Å². The van der Waals surface area contributed by atoms with E-state index in [4.69, 9.17) is 0 Å². The van der Waals surface area contributed by atoms with E-state index in [1.165, 1.54) is 13.1 Å². The average Bonchev–Trinajstić information content (AvgIpc) is 2.40. The summed E-state index contributed by atoms with van der Waals surface area (Å²) in [4.78, 5) is 0. The van der Waals surface area contributed by atoms with E-state index in [2.05, 4.69) is 31.4 Å². The maximum atomic E-state index is 3.55. The first-order valence-electron chi connectivity index (χ1n) is 4.56. The summed E-state index contributed by atoms with van der Waals surface area (Å²) in [7, 11) is 0. The van der Waals surface area contributed by atoms with Gasteiger partial charge in [0, 0.05) is 25.2 Å². The second-order valence-corrected chi connectivity index (χ2v) is 4.92. The van der Waals surface area contributed by atoms with E-state index in [0.29, 0.717) is 5.41 Å². The number of piperazine rings is 1. The fourth-order valence-electron chi connectivity index (χ4n) is 2.70. The minimum atomic E-state index is 0.461. The summed E-state index contributed by atoms with van der Waals surface area (Å²) >= 11 is 0. The number of hydrogen-bond acceptors (Lipinski definition) is 2. The third kappa shape index (κ3) is 1.09. The molecular weight excluding hydrogens is 136 g/mol. The van der Waals surface area contributed by atoms with Crippen LogP contribution in [0.25, 0.3) is 0 Å². The minimum Gasteiger partial charge on any atom is -0.311 e. The molecule has 0 aromatic rings. The molecule has 0 spiro atoms. The van der Waals surface area contributed by atoms with Crippen LogP contribution in [0.3, 0.4) is 0 Å². The smallest absolute Gasteiger partial charge is 0.0241 e. The molecule has 64 valence electrons. The molecule has 0 saturated carbocycles. The quantitative estimate of drug-likeness (QED) is 0.533. The number of fused-ring (bicyclic) bond motifs is 2. The van der Waals surface area contributed by atoms with E-state index in [0.717, 1.165) is 18.0 Å². The molecule has 0 unspecified atom stereocenters. The SMILES string of the molecule is CC(C)(C)C1[C@@H]2CN[C@H]1CN2. The van der Waals surface area contributed by atoms with Gasteiger partial charge in [-0.3, -0.25) is 0 Å². The lowest BCUT2D eigenvalue weighted by molar-refractivity contribution is 0.232. The van der Waals surface area contributed by atoms with E-state index in [1.54, 1.807) is 0 Å². The fourth-order valence-corrected chi connectivity index (χ4v) is 2.70. The van der Waals surface area contributed by atoms with Gasteiger partial charge in [0.05, 0.1) is 0 Å². The second-order valence-electron chi connectivity index (χ2n) is 4.92. The molecule has 2 heteroatoms. The molecule has 0 aromatic carbocycles. The van der Waals surface area contributed by atoms with Crippen molar-refractivity contribution >= 4 is 0 Å². The lowest BCUT2D eigenvalue weighted by Crippen LogP contribution is -2.39. The fraction of sp³-hybridized carbons (Fsp3) is 1.00. The van der Waals surface area contributed by atoms with Gasteiger partial charge in [0.2, 0.25) is 0 Å². The molecule has 2 N–H and O–H groups in total. The topological polar surface area (TPSA) is 24.1 Å². The van der Waals surface area contributed by atoms with Crippen LogP contribution < -0.4 is 10.6 Å². The molecule has 2 fully saturated rings. The Balaban J connectivity index is 2.16. The van der Waals surface area contributed by atoms with Crippen molar-refractivity contribution in [3.8, 4) is 0 Å². The molecule has 2 atom stereocenters. The van der Waals surface area contributed by atoms with Gasteiger partial charge in [-0.05, 0) is 11.3 Å². The molecule has 2 nitrogen and oxygen atoms in total. The first-order chi connectivity index (χ1) is 5.09. The Morgan fingerprint density at radius 1 is 1.00 bits per heavy atom. The standard InChI is InChI=1S/C9H18N2/c1-9(2,3)8-6-4-10-7(8)5-11-6/h6-8,10-11H,4-5H2,1-3H3/t6-,7-/m0/s1. The van der Waals surface area contributed by atoms with Crippen LogP contribution in [0.1, 0.15) is 20.8 Å². The van der Waals surface area contributed by atoms with Crippen LogP contribution in [0.15, 0.2) is 0 Å². The maximum absolute atomic E-state index is 3.55. The number of hydrogen-bond donors (Lipinski definition) is 2. The van der Waals surface area contributed by atoms with Crippen molar-refractivity contribution < 1.29 is 0 Å². The molecule has 0 amide bonds. The lowest BCUT2D eigenvalue weighted by atomic mass is 9.76. The molecule has 2 rings (SSSR count). The maximum Gasteiger partial charge on any atom is 0.0241 e. The minimum absolute atomic E-state index is 0.461. The summed E-state index contributed by atoms with van der Waals surface area (Å²) in [5.74, 6) is 0.836. The summed E-state index contributed by atoms with van der Waals surface area (Å²) in [6, 6.07) is 1.47. The highest BCUT2D eigenvalue weighted by molar-refractivity contribution is 5.06. The largest absolute Gasteiger partial charge is 0.311 e. The molecule has 2 aliphatic rings. The van der Waals surface area contributed by atoms with E-state index in [1.807, 2.05) is 0 Å². The van der Waals surface area contributed by atoms with Crippen LogP contribution in [0.2, 0.25) is 0 Å². The highest BCUT2D eigenvalue weighted by atomic mass is 15.2. The van der Waals surface area contributed by atoms with E-state index >= 15 is 0 Å². The Kier molecular flexibility index (Phi) is 1.52. The molecule has 0 radical (unpaired) electrons. The third-order valence-corrected chi connectivity index (χ3v) is 3.07. The Morgan fingerprint density at radius 3 is 1.64 bits per heavy atom. The molecule has 2 saturated heterocycles. The van der Waals surface area contributed by atoms with Crippen LogP contribution in [0, 0.1) is 11.3 Å². The van der Waals surface area contributed by atoms with Crippen molar-refractivity contribution in [1.82, 2.24) is 10.6 Å². The molecular formula is C9H18N2. The summed E-state index contributed by atoms with van der Waals surface area (Å²) in [5.41, 5.74) is 0.461. The van der Waals surface area contributed by atoms with Crippen LogP contribution >= 0.6 is 0 Å². The van der Waals surface area contributed by atoms with Crippen molar-refractivity contribution in [2.45, 2.75) is 32.9 Å². The number of nitrogens with one attached hydrogen (secondary N) is 2. The van der Waals surface area contributed by atoms with Gasteiger partial charge in [0.1, 0.15) is 0 Å². The molecule has 0 aromatic heterocycles. The highest BCUT2D eigenvalue weighted by Crippen LogP contribution is 2.37. The zero-order valence-electron chi connectivity index (χ0n) is 7.65. The van der Waals surface area contributed by atoms with Gasteiger partial charge in [-0.15, -0.1) is 0 Å². The van der Waals surface area contributed by atoms with Gasteiger partial charge in [-0.1, -0.05) is 20.8 Å². The summed E-state index contributed by atoms with van der Waals surface area (Å²) in [6.07, 6.45) is 0. The van der Waals surface area contributed by atoms with E-state index in [-0.39, 0.29) is 0 Å². The van der Waals surface area contributed by atoms with Crippen molar-refractivity contribution in [3.63, 3.8) is 0 Å². The zero-order chi connectivity index (χ0) is 8.06. The van der Waals surface area contributed by atoms with Crippen LogP contribution in [-0.2, 0) is 0 Å². The van der Waals surface area contributed by atoms with Crippen LogP contribution in [0.5, 0.6) is 0 Å². The molecule has 2 aliphatic heterocycles. The lowest BCUT2D eigenvalue weighted by Gasteiger charge is -2.29. The molecule has 11 heavy (non-hydrogen) atoms. The van der Waals surface area contributed by atoms with Gasteiger partial charge in [-0.2, -0.15) is 0 Å². The molecule has 2 heterocycles. The Morgan fingerprint density at radius 2 is 1.45 bits per heavy atom. The normalized spacial score (nSPS) is 43.4. The monoisotopic (exact) mass is 154 g/mol. The van der Waals surface area contributed by atoms with Crippen molar-refractivity contribution in [2.75, 3.05) is 13.1 Å². The molecule has 2 bridgehead atoms. The summed E-state index contributed by atoms with van der Waals surface area (Å²) in [6.45, 7) is 9.38. The first-order valence-corrected chi connectivity index (χ1v) is 4.56. The Bertz CT molecular complexity index is 139. The van der Waals surface area contributed by atoms with Gasteiger partial charge in [0.25, 0.3) is 0 Å². The third-order valence-electron chi connectivity index (χ3n) is 3.07. The van der Waals surface area contributed by atoms with Gasteiger partial charge >= 0.3 is 0 Å². The van der Waals surface area contributed by atoms with E-state index < -0.39 is 0 Å². The van der Waals surface area contributed by atoms with Gasteiger partial charge < -0.3 is 10.6 Å². The van der Waals surface area contributed by atoms with E-state index in [9.17, 15) is 0 Å².